The third-order valence-electron chi connectivity index (χ3n) is 6.16. The predicted octanol–water partition coefficient (Wildman–Crippen LogP) is 6.27. The Morgan fingerprint density at radius 3 is 2.41 bits per heavy atom. The summed E-state index contributed by atoms with van der Waals surface area (Å²) in [5, 5.41) is 0.945. The summed E-state index contributed by atoms with van der Waals surface area (Å²) >= 11 is 6.36. The van der Waals surface area contributed by atoms with E-state index in [0.29, 0.717) is 40.3 Å². The molecular weight excluding hydrogens is 446 g/mol. The summed E-state index contributed by atoms with van der Waals surface area (Å²) in [6.45, 7) is 8.38. The number of hydrogen-bond acceptors (Lipinski definition) is 3. The number of aromatic nitrogens is 2. The van der Waals surface area contributed by atoms with E-state index in [1.54, 1.807) is 39.8 Å². The van der Waals surface area contributed by atoms with E-state index in [1.165, 1.54) is 0 Å². The first kappa shape index (κ1) is 23.7. The lowest BCUT2D eigenvalue weighted by Gasteiger charge is -2.32. The van der Waals surface area contributed by atoms with E-state index in [0.717, 1.165) is 16.8 Å². The molecule has 1 amide bonds. The number of rotatable bonds is 6. The molecule has 0 aliphatic rings. The molecule has 0 saturated carbocycles. The minimum Gasteiger partial charge on any atom is -0.329 e. The van der Waals surface area contributed by atoms with Gasteiger partial charge in [0.1, 0.15) is 5.82 Å². The molecule has 0 N–H and O–H groups in total. The van der Waals surface area contributed by atoms with Crippen molar-refractivity contribution in [1.82, 2.24) is 14.5 Å². The predicted molar refractivity (Wildman–Crippen MR) is 138 cm³/mol. The second kappa shape index (κ2) is 9.82. The van der Waals surface area contributed by atoms with Gasteiger partial charge in [-0.1, -0.05) is 60.5 Å². The maximum Gasteiger partial charge on any atom is 0.266 e. The van der Waals surface area contributed by atoms with E-state index >= 15 is 0 Å². The fourth-order valence-electron chi connectivity index (χ4n) is 4.50. The Hall–Kier alpha value is -3.44. The number of carbonyl (C=O) groups is 1. The van der Waals surface area contributed by atoms with Gasteiger partial charge in [-0.05, 0) is 63.1 Å². The van der Waals surface area contributed by atoms with Crippen LogP contribution in [0, 0.1) is 13.8 Å². The maximum atomic E-state index is 13.8. The van der Waals surface area contributed by atoms with E-state index in [4.69, 9.17) is 16.6 Å². The van der Waals surface area contributed by atoms with Gasteiger partial charge >= 0.3 is 0 Å². The van der Waals surface area contributed by atoms with Crippen LogP contribution in [0.5, 0.6) is 0 Å². The zero-order chi connectivity index (χ0) is 24.4. The van der Waals surface area contributed by atoms with Gasteiger partial charge in [0.25, 0.3) is 11.5 Å². The molecule has 1 aromatic heterocycles. The Kier molecular flexibility index (Phi) is 6.85. The summed E-state index contributed by atoms with van der Waals surface area (Å²) in [5.74, 6) is 0.356. The quantitative estimate of drug-likeness (QED) is 0.331. The highest BCUT2D eigenvalue weighted by atomic mass is 35.5. The molecule has 1 atom stereocenters. The second-order valence-electron chi connectivity index (χ2n) is 8.41. The van der Waals surface area contributed by atoms with Crippen LogP contribution in [0.1, 0.15) is 53.6 Å². The first-order valence-corrected chi connectivity index (χ1v) is 11.9. The molecule has 5 nitrogen and oxygen atoms in total. The van der Waals surface area contributed by atoms with Crippen molar-refractivity contribution < 1.29 is 4.79 Å². The number of aryl methyl sites for hydroxylation is 2. The molecule has 4 rings (SSSR count). The van der Waals surface area contributed by atoms with Crippen molar-refractivity contribution in [1.29, 1.82) is 0 Å². The van der Waals surface area contributed by atoms with Gasteiger partial charge in [-0.2, -0.15) is 0 Å². The topological polar surface area (TPSA) is 55.2 Å². The molecule has 4 aromatic rings. The third kappa shape index (κ3) is 4.24. The van der Waals surface area contributed by atoms with Crippen LogP contribution in [-0.4, -0.2) is 26.9 Å². The smallest absolute Gasteiger partial charge is 0.266 e. The van der Waals surface area contributed by atoms with Crippen LogP contribution >= 0.6 is 11.6 Å². The molecule has 3 aromatic carbocycles. The molecule has 0 spiro atoms. The van der Waals surface area contributed by atoms with Gasteiger partial charge in [-0.25, -0.2) is 4.98 Å². The SMILES string of the molecule is CCC(c1nc2ccccc2c(=O)n1-c1ccc(C)cc1C)N(CC)C(=O)c1ccccc1Cl. The number of carbonyl (C=O) groups excluding carboxylic acids is 1. The maximum absolute atomic E-state index is 13.8. The molecule has 34 heavy (non-hydrogen) atoms. The molecule has 0 fully saturated rings. The Labute approximate surface area is 204 Å². The number of benzene rings is 3. The van der Waals surface area contributed by atoms with Crippen LogP contribution in [-0.2, 0) is 0 Å². The summed E-state index contributed by atoms with van der Waals surface area (Å²) in [4.78, 5) is 34.1. The molecule has 1 unspecified atom stereocenters. The average Bonchev–Trinajstić information content (AvgIpc) is 2.83. The lowest BCUT2D eigenvalue weighted by molar-refractivity contribution is 0.0672. The van der Waals surface area contributed by atoms with Crippen LogP contribution in [0.2, 0.25) is 5.02 Å². The second-order valence-corrected chi connectivity index (χ2v) is 8.82. The van der Waals surface area contributed by atoms with Gasteiger partial charge < -0.3 is 4.90 Å². The van der Waals surface area contributed by atoms with E-state index in [1.807, 2.05) is 64.1 Å². The number of nitrogens with zero attached hydrogens (tertiary/aromatic N) is 3. The lowest BCUT2D eigenvalue weighted by Crippen LogP contribution is -2.38. The largest absolute Gasteiger partial charge is 0.329 e. The standard InChI is InChI=1S/C28H28ClN3O2/c1-5-24(31(6-2)27(33)20-11-7-9-13-22(20)29)26-30-23-14-10-8-12-21(23)28(34)32(26)25-16-15-18(3)17-19(25)4/h7-17,24H,5-6H2,1-4H3. The number of para-hydroxylation sites is 1. The Morgan fingerprint density at radius 2 is 1.74 bits per heavy atom. The van der Waals surface area contributed by atoms with Crippen LogP contribution < -0.4 is 5.56 Å². The summed E-state index contributed by atoms with van der Waals surface area (Å²) in [6, 6.07) is 19.9. The zero-order valence-electron chi connectivity index (χ0n) is 19.9. The summed E-state index contributed by atoms with van der Waals surface area (Å²) in [5.41, 5.74) is 3.75. The van der Waals surface area contributed by atoms with Crippen molar-refractivity contribution in [2.45, 2.75) is 40.2 Å². The van der Waals surface area contributed by atoms with Crippen molar-refractivity contribution in [3.05, 3.63) is 105 Å². The van der Waals surface area contributed by atoms with E-state index < -0.39 is 6.04 Å². The fourth-order valence-corrected chi connectivity index (χ4v) is 4.72. The Balaban J connectivity index is 1.98. The van der Waals surface area contributed by atoms with Crippen molar-refractivity contribution in [3.63, 3.8) is 0 Å². The van der Waals surface area contributed by atoms with Crippen molar-refractivity contribution in [2.75, 3.05) is 6.54 Å². The molecule has 0 saturated heterocycles. The van der Waals surface area contributed by atoms with Gasteiger partial charge in [0.15, 0.2) is 0 Å². The molecule has 1 heterocycles. The molecule has 6 heteroatoms. The van der Waals surface area contributed by atoms with Crippen LogP contribution in [0.25, 0.3) is 16.6 Å². The first-order valence-electron chi connectivity index (χ1n) is 11.5. The average molecular weight is 474 g/mol. The van der Waals surface area contributed by atoms with Crippen LogP contribution in [0.3, 0.4) is 0 Å². The highest BCUT2D eigenvalue weighted by molar-refractivity contribution is 6.33. The van der Waals surface area contributed by atoms with Crippen LogP contribution in [0.15, 0.2) is 71.5 Å². The molecular formula is C28H28ClN3O2. The normalized spacial score (nSPS) is 12.0. The number of halogens is 1. The van der Waals surface area contributed by atoms with E-state index in [2.05, 4.69) is 0 Å². The minimum atomic E-state index is -0.424. The monoisotopic (exact) mass is 473 g/mol. The summed E-state index contributed by atoms with van der Waals surface area (Å²) in [6.07, 6.45) is 0.583. The van der Waals surface area contributed by atoms with E-state index in [9.17, 15) is 9.59 Å². The minimum absolute atomic E-state index is 0.146. The molecule has 0 bridgehead atoms. The number of amides is 1. The Bertz CT molecular complexity index is 1430. The molecule has 0 radical (unpaired) electrons. The zero-order valence-corrected chi connectivity index (χ0v) is 20.6. The van der Waals surface area contributed by atoms with Gasteiger partial charge in [0, 0.05) is 6.54 Å². The highest BCUT2D eigenvalue weighted by Gasteiger charge is 2.29. The van der Waals surface area contributed by atoms with Crippen molar-refractivity contribution >= 4 is 28.4 Å². The number of fused-ring (bicyclic) bond motifs is 1. The summed E-state index contributed by atoms with van der Waals surface area (Å²) in [7, 11) is 0. The lowest BCUT2D eigenvalue weighted by atomic mass is 10.1. The van der Waals surface area contributed by atoms with Crippen molar-refractivity contribution in [3.8, 4) is 5.69 Å². The van der Waals surface area contributed by atoms with Crippen LogP contribution in [0.4, 0.5) is 0 Å². The molecule has 0 aliphatic carbocycles. The third-order valence-corrected chi connectivity index (χ3v) is 6.49. The van der Waals surface area contributed by atoms with E-state index in [-0.39, 0.29) is 11.5 Å². The molecule has 0 aliphatic heterocycles. The number of hydrogen-bond donors (Lipinski definition) is 0. The van der Waals surface area contributed by atoms with Gasteiger partial charge in [-0.3, -0.25) is 14.2 Å². The highest BCUT2D eigenvalue weighted by Crippen LogP contribution is 2.29. The summed E-state index contributed by atoms with van der Waals surface area (Å²) < 4.78 is 1.67. The fraction of sp³-hybridized carbons (Fsp3) is 0.250. The van der Waals surface area contributed by atoms with Gasteiger partial charge in [0.05, 0.1) is 33.2 Å². The molecule has 174 valence electrons. The van der Waals surface area contributed by atoms with Gasteiger partial charge in [-0.15, -0.1) is 0 Å². The van der Waals surface area contributed by atoms with Crippen molar-refractivity contribution in [2.24, 2.45) is 0 Å². The first-order chi connectivity index (χ1) is 16.4. The Morgan fingerprint density at radius 1 is 1.03 bits per heavy atom. The van der Waals surface area contributed by atoms with Gasteiger partial charge in [0.2, 0.25) is 0 Å².